The second kappa shape index (κ2) is 7.19. The molecule has 0 aliphatic rings. The highest BCUT2D eigenvalue weighted by Crippen LogP contribution is 2.22. The topological polar surface area (TPSA) is 103 Å². The number of nitrogens with zero attached hydrogens (tertiary/aromatic N) is 5. The van der Waals surface area contributed by atoms with Crippen molar-refractivity contribution in [2.45, 2.75) is 6.92 Å². The zero-order valence-electron chi connectivity index (χ0n) is 16.1. The van der Waals surface area contributed by atoms with Gasteiger partial charge in [-0.25, -0.2) is 14.3 Å². The molecular formula is C20H18N6O3. The molecule has 9 heteroatoms. The molecule has 0 spiro atoms. The zero-order chi connectivity index (χ0) is 20.5. The van der Waals surface area contributed by atoms with Crippen molar-refractivity contribution in [3.8, 4) is 11.3 Å². The predicted octanol–water partition coefficient (Wildman–Crippen LogP) is 2.48. The molecule has 0 saturated heterocycles. The maximum absolute atomic E-state index is 12.9. The third-order valence-electron chi connectivity index (χ3n) is 4.56. The number of carbonyl (C=O) groups excluding carboxylic acids is 2. The number of aromatic nitrogens is 5. The molecule has 0 saturated carbocycles. The number of methoxy groups -OCH3 is 1. The van der Waals surface area contributed by atoms with E-state index >= 15 is 0 Å². The Morgan fingerprint density at radius 2 is 1.83 bits per heavy atom. The Bertz CT molecular complexity index is 1220. The fraction of sp³-hybridized carbons (Fsp3) is 0.150. The monoisotopic (exact) mass is 390 g/mol. The molecule has 4 aromatic rings. The van der Waals surface area contributed by atoms with Crippen molar-refractivity contribution < 1.29 is 14.3 Å². The molecule has 1 amide bonds. The summed E-state index contributed by atoms with van der Waals surface area (Å²) < 4.78 is 7.71. The minimum absolute atomic E-state index is 0.144. The highest BCUT2D eigenvalue weighted by molar-refractivity contribution is 6.10. The summed E-state index contributed by atoms with van der Waals surface area (Å²) in [5.41, 5.74) is 3.99. The van der Waals surface area contributed by atoms with Gasteiger partial charge in [0.15, 0.2) is 11.3 Å². The molecule has 9 nitrogen and oxygen atoms in total. The number of nitrogens with one attached hydrogen (secondary N) is 1. The Labute approximate surface area is 165 Å². The second-order valence-electron chi connectivity index (χ2n) is 6.47. The summed E-state index contributed by atoms with van der Waals surface area (Å²) in [5, 5.41) is 11.0. The SMILES string of the molecule is COC(=O)c1c(NC(=O)c2cnn3c(-c4ccc(C)cc4)ccnc23)cnn1C. The molecule has 0 bridgehead atoms. The molecule has 0 atom stereocenters. The van der Waals surface area contributed by atoms with Crippen molar-refractivity contribution >= 4 is 23.2 Å². The number of aryl methyl sites for hydroxylation is 2. The molecule has 1 aromatic carbocycles. The number of hydrogen-bond donors (Lipinski definition) is 1. The number of benzene rings is 1. The lowest BCUT2D eigenvalue weighted by Crippen LogP contribution is -2.16. The van der Waals surface area contributed by atoms with E-state index in [1.807, 2.05) is 37.3 Å². The minimum Gasteiger partial charge on any atom is -0.464 e. The summed E-state index contributed by atoms with van der Waals surface area (Å²) in [6.45, 7) is 2.02. The maximum atomic E-state index is 12.9. The third kappa shape index (κ3) is 3.22. The zero-order valence-corrected chi connectivity index (χ0v) is 16.1. The quantitative estimate of drug-likeness (QED) is 0.537. The highest BCUT2D eigenvalue weighted by atomic mass is 16.5. The fourth-order valence-corrected chi connectivity index (χ4v) is 3.05. The number of ether oxygens (including phenoxy) is 1. The Morgan fingerprint density at radius 3 is 2.55 bits per heavy atom. The van der Waals surface area contributed by atoms with E-state index in [4.69, 9.17) is 4.74 Å². The van der Waals surface area contributed by atoms with E-state index in [0.717, 1.165) is 16.8 Å². The van der Waals surface area contributed by atoms with Gasteiger partial charge in [0.2, 0.25) is 0 Å². The molecule has 29 heavy (non-hydrogen) atoms. The smallest absolute Gasteiger partial charge is 0.358 e. The number of hydrogen-bond acceptors (Lipinski definition) is 6. The van der Waals surface area contributed by atoms with E-state index in [1.54, 1.807) is 17.8 Å². The summed E-state index contributed by atoms with van der Waals surface area (Å²) in [6, 6.07) is 9.83. The van der Waals surface area contributed by atoms with Crippen LogP contribution in [0.5, 0.6) is 0 Å². The first-order valence-corrected chi connectivity index (χ1v) is 8.81. The first-order chi connectivity index (χ1) is 14.0. The lowest BCUT2D eigenvalue weighted by Gasteiger charge is -2.07. The van der Waals surface area contributed by atoms with Crippen molar-refractivity contribution in [2.24, 2.45) is 7.05 Å². The molecule has 1 N–H and O–H groups in total. The molecule has 0 radical (unpaired) electrons. The Balaban J connectivity index is 1.71. The van der Waals surface area contributed by atoms with Crippen LogP contribution in [0.3, 0.4) is 0 Å². The maximum Gasteiger partial charge on any atom is 0.358 e. The average molecular weight is 390 g/mol. The molecule has 0 aliphatic heterocycles. The van der Waals surface area contributed by atoms with Crippen LogP contribution in [0.1, 0.15) is 26.4 Å². The van der Waals surface area contributed by atoms with E-state index in [-0.39, 0.29) is 16.9 Å². The van der Waals surface area contributed by atoms with Crippen LogP contribution in [0.4, 0.5) is 5.69 Å². The summed E-state index contributed by atoms with van der Waals surface area (Å²) >= 11 is 0. The van der Waals surface area contributed by atoms with Gasteiger partial charge in [0.25, 0.3) is 5.91 Å². The molecule has 0 unspecified atom stereocenters. The fourth-order valence-electron chi connectivity index (χ4n) is 3.05. The van der Waals surface area contributed by atoms with E-state index in [1.165, 1.54) is 24.2 Å². The predicted molar refractivity (Wildman–Crippen MR) is 106 cm³/mol. The van der Waals surface area contributed by atoms with Gasteiger partial charge in [0.1, 0.15) is 5.56 Å². The van der Waals surface area contributed by atoms with Gasteiger partial charge in [0.05, 0.1) is 30.9 Å². The molecule has 3 heterocycles. The van der Waals surface area contributed by atoms with Crippen LogP contribution in [0.25, 0.3) is 16.9 Å². The van der Waals surface area contributed by atoms with Gasteiger partial charge in [-0.2, -0.15) is 10.2 Å². The molecule has 0 fully saturated rings. The van der Waals surface area contributed by atoms with Gasteiger partial charge in [-0.05, 0) is 13.0 Å². The first-order valence-electron chi connectivity index (χ1n) is 8.81. The Kier molecular flexibility index (Phi) is 4.55. The number of rotatable bonds is 4. The van der Waals surface area contributed by atoms with Crippen molar-refractivity contribution in [2.75, 3.05) is 12.4 Å². The summed E-state index contributed by atoms with van der Waals surface area (Å²) in [4.78, 5) is 29.1. The number of amides is 1. The van der Waals surface area contributed by atoms with Crippen LogP contribution in [0, 0.1) is 6.92 Å². The summed E-state index contributed by atoms with van der Waals surface area (Å²) in [5.74, 6) is -1.05. The normalized spacial score (nSPS) is 10.9. The molecule has 0 aliphatic carbocycles. The number of anilines is 1. The van der Waals surface area contributed by atoms with Gasteiger partial charge in [-0.15, -0.1) is 0 Å². The van der Waals surface area contributed by atoms with Gasteiger partial charge in [-0.3, -0.25) is 9.48 Å². The second-order valence-corrected chi connectivity index (χ2v) is 6.47. The van der Waals surface area contributed by atoms with Crippen LogP contribution in [0.15, 0.2) is 48.9 Å². The third-order valence-corrected chi connectivity index (χ3v) is 4.56. The standard InChI is InChI=1S/C20H18N6O3/c1-12-4-6-13(7-5-12)16-8-9-21-18-14(10-23-26(16)18)19(27)24-15-11-22-25(2)17(15)20(28)29-3/h4-11H,1-3H3,(H,24,27). The molecule has 3 aromatic heterocycles. The van der Waals surface area contributed by atoms with Gasteiger partial charge >= 0.3 is 5.97 Å². The Morgan fingerprint density at radius 1 is 1.07 bits per heavy atom. The first kappa shape index (κ1) is 18.4. The molecular weight excluding hydrogens is 372 g/mol. The average Bonchev–Trinajstić information content (AvgIpc) is 3.31. The van der Waals surface area contributed by atoms with Crippen LogP contribution in [-0.2, 0) is 11.8 Å². The van der Waals surface area contributed by atoms with E-state index < -0.39 is 11.9 Å². The number of fused-ring (bicyclic) bond motifs is 1. The highest BCUT2D eigenvalue weighted by Gasteiger charge is 2.22. The summed E-state index contributed by atoms with van der Waals surface area (Å²) in [6.07, 6.45) is 4.47. The number of esters is 1. The lowest BCUT2D eigenvalue weighted by molar-refractivity contribution is 0.0589. The van der Waals surface area contributed by atoms with Crippen molar-refractivity contribution in [3.63, 3.8) is 0 Å². The summed E-state index contributed by atoms with van der Waals surface area (Å²) in [7, 11) is 2.86. The lowest BCUT2D eigenvalue weighted by atomic mass is 10.1. The van der Waals surface area contributed by atoms with Crippen LogP contribution >= 0.6 is 0 Å². The van der Waals surface area contributed by atoms with Crippen LogP contribution in [-0.4, -0.2) is 43.4 Å². The number of carbonyl (C=O) groups is 2. The van der Waals surface area contributed by atoms with Gasteiger partial charge in [-0.1, -0.05) is 29.8 Å². The van der Waals surface area contributed by atoms with Crippen LogP contribution < -0.4 is 5.32 Å². The van der Waals surface area contributed by atoms with Crippen molar-refractivity contribution in [1.29, 1.82) is 0 Å². The van der Waals surface area contributed by atoms with Gasteiger partial charge in [0, 0.05) is 18.8 Å². The molecule has 4 rings (SSSR count). The van der Waals surface area contributed by atoms with Crippen molar-refractivity contribution in [3.05, 3.63) is 65.7 Å². The van der Waals surface area contributed by atoms with Gasteiger partial charge < -0.3 is 10.1 Å². The van der Waals surface area contributed by atoms with E-state index in [9.17, 15) is 9.59 Å². The van der Waals surface area contributed by atoms with E-state index in [0.29, 0.717) is 5.65 Å². The largest absolute Gasteiger partial charge is 0.464 e. The minimum atomic E-state index is -0.597. The van der Waals surface area contributed by atoms with Crippen LogP contribution in [0.2, 0.25) is 0 Å². The van der Waals surface area contributed by atoms with E-state index in [2.05, 4.69) is 20.5 Å². The van der Waals surface area contributed by atoms with Crippen molar-refractivity contribution in [1.82, 2.24) is 24.4 Å². The Hall–Kier alpha value is -4.01. The molecule has 146 valence electrons.